The number of carbonyl (C=O) groups is 1. The van der Waals surface area contributed by atoms with Crippen molar-refractivity contribution in [3.05, 3.63) is 114 Å². The molecular weight excluding hydrogens is 515 g/mol. The number of amides is 2. The molecule has 0 radical (unpaired) electrons. The third-order valence-electron chi connectivity index (χ3n) is 4.94. The minimum absolute atomic E-state index is 0.104. The van der Waals surface area contributed by atoms with Crippen molar-refractivity contribution in [2.24, 2.45) is 0 Å². The molecule has 8 nitrogen and oxygen atoms in total. The van der Waals surface area contributed by atoms with Gasteiger partial charge in [0, 0.05) is 16.3 Å². The highest BCUT2D eigenvalue weighted by Gasteiger charge is 2.23. The van der Waals surface area contributed by atoms with Crippen LogP contribution in [0.3, 0.4) is 0 Å². The van der Waals surface area contributed by atoms with Gasteiger partial charge in [0.2, 0.25) is 6.23 Å². The molecule has 0 saturated heterocycles. The first kappa shape index (κ1) is 27.6. The van der Waals surface area contributed by atoms with Gasteiger partial charge < -0.3 is 25.4 Å². The van der Waals surface area contributed by atoms with Crippen LogP contribution in [-0.2, 0) is 9.09 Å². The van der Waals surface area contributed by atoms with Crippen LogP contribution in [0.2, 0.25) is 5.02 Å². The molecule has 0 saturated carbocycles. The molecule has 0 aromatic heterocycles. The number of anilines is 1. The van der Waals surface area contributed by atoms with E-state index in [4.69, 9.17) is 20.9 Å². The molecule has 0 aliphatic heterocycles. The van der Waals surface area contributed by atoms with E-state index >= 15 is 0 Å². The molecule has 0 aliphatic carbocycles. The van der Waals surface area contributed by atoms with Crippen molar-refractivity contribution in [3.63, 3.8) is 0 Å². The van der Waals surface area contributed by atoms with Crippen molar-refractivity contribution < 1.29 is 28.6 Å². The third-order valence-corrected chi connectivity index (χ3v) is 5.58. The second kappa shape index (κ2) is 14.0. The van der Waals surface area contributed by atoms with Gasteiger partial charge in [0.25, 0.3) is 0 Å². The van der Waals surface area contributed by atoms with E-state index in [2.05, 4.69) is 59.2 Å². The number of hydrogen-bond acceptors (Lipinski definition) is 6. The SMILES string of the molecule is COc1cc(C(NC(=O)Nc2ccc(Cl)cc2)O[P+](=O)[O-])ccc1O.c1ccc(-c2ccccc2)cc1. The Balaban J connectivity index is 0.000000262. The van der Waals surface area contributed by atoms with Gasteiger partial charge in [-0.1, -0.05) is 78.3 Å². The summed E-state index contributed by atoms with van der Waals surface area (Å²) in [6.45, 7) is 0. The molecule has 4 aromatic carbocycles. The summed E-state index contributed by atoms with van der Waals surface area (Å²) in [5, 5.41) is 15.0. The van der Waals surface area contributed by atoms with Crippen LogP contribution >= 0.6 is 19.9 Å². The molecule has 0 fully saturated rings. The highest BCUT2D eigenvalue weighted by atomic mass is 35.5. The van der Waals surface area contributed by atoms with Crippen LogP contribution in [0.5, 0.6) is 11.5 Å². The van der Waals surface area contributed by atoms with E-state index in [9.17, 15) is 19.4 Å². The lowest BCUT2D eigenvalue weighted by molar-refractivity contribution is -0.190. The average Bonchev–Trinajstić information content (AvgIpc) is 2.91. The van der Waals surface area contributed by atoms with Crippen molar-refractivity contribution in [2.45, 2.75) is 6.23 Å². The quantitative estimate of drug-likeness (QED) is 0.189. The van der Waals surface area contributed by atoms with Gasteiger partial charge in [-0.2, -0.15) is 0 Å². The number of methoxy groups -OCH3 is 1. The minimum Gasteiger partial charge on any atom is -0.566 e. The van der Waals surface area contributed by atoms with Crippen molar-refractivity contribution in [3.8, 4) is 22.6 Å². The van der Waals surface area contributed by atoms with Crippen molar-refractivity contribution in [1.82, 2.24) is 5.32 Å². The zero-order valence-corrected chi connectivity index (χ0v) is 21.4. The number of carbonyl (C=O) groups excluding carboxylic acids is 1. The molecule has 0 aliphatic rings. The van der Waals surface area contributed by atoms with Crippen LogP contribution < -0.4 is 20.3 Å². The van der Waals surface area contributed by atoms with Crippen LogP contribution in [0.25, 0.3) is 11.1 Å². The highest BCUT2D eigenvalue weighted by Crippen LogP contribution is 2.32. The van der Waals surface area contributed by atoms with Gasteiger partial charge in [0.1, 0.15) is 0 Å². The van der Waals surface area contributed by atoms with Gasteiger partial charge in [-0.15, -0.1) is 4.52 Å². The van der Waals surface area contributed by atoms with Crippen LogP contribution in [0.15, 0.2) is 103 Å². The fourth-order valence-electron chi connectivity index (χ4n) is 3.19. The number of phenolic OH excluding ortho intramolecular Hbond substituents is 1. The van der Waals surface area contributed by atoms with E-state index in [1.54, 1.807) is 24.3 Å². The molecule has 0 spiro atoms. The maximum atomic E-state index is 12.1. The Morgan fingerprint density at radius 1 is 0.919 bits per heavy atom. The summed E-state index contributed by atoms with van der Waals surface area (Å²) >= 11 is 5.76. The molecule has 190 valence electrons. The third kappa shape index (κ3) is 8.90. The summed E-state index contributed by atoms with van der Waals surface area (Å²) in [7, 11) is -1.91. The predicted molar refractivity (Wildman–Crippen MR) is 142 cm³/mol. The Morgan fingerprint density at radius 2 is 1.49 bits per heavy atom. The fraction of sp³-hybridized carbons (Fsp3) is 0.0741. The second-order valence-electron chi connectivity index (χ2n) is 7.48. The standard InChI is InChI=1S/C15H14ClN2O6P.C12H10/c1-23-13-8-9(2-7-12(13)19)14(24-25(21)22)18-15(20)17-11-5-3-10(16)4-6-11;1-3-7-11(8-4-1)12-9-5-2-6-10-12/h2-8,14,19H,1H3,(H2,17,18,20);1-10H. The lowest BCUT2D eigenvalue weighted by atomic mass is 10.1. The van der Waals surface area contributed by atoms with Crippen molar-refractivity contribution in [1.29, 1.82) is 0 Å². The Hall–Kier alpha value is -3.94. The number of benzene rings is 4. The number of phenols is 1. The fourth-order valence-corrected chi connectivity index (χ4v) is 3.67. The Bertz CT molecular complexity index is 1270. The van der Waals surface area contributed by atoms with Crippen LogP contribution in [0, 0.1) is 0 Å². The predicted octanol–water partition coefficient (Wildman–Crippen LogP) is 6.26. The lowest BCUT2D eigenvalue weighted by Crippen LogP contribution is -2.33. The van der Waals surface area contributed by atoms with E-state index in [1.165, 1.54) is 36.4 Å². The van der Waals surface area contributed by atoms with Crippen molar-refractivity contribution in [2.75, 3.05) is 12.4 Å². The zero-order chi connectivity index (χ0) is 26.6. The summed E-state index contributed by atoms with van der Waals surface area (Å²) in [5.41, 5.74) is 3.27. The monoisotopic (exact) mass is 538 g/mol. The number of ether oxygens (including phenoxy) is 1. The summed E-state index contributed by atoms with van der Waals surface area (Å²) in [6, 6.07) is 30.5. The number of aromatic hydroxyl groups is 1. The summed E-state index contributed by atoms with van der Waals surface area (Å²) in [5.74, 6) is -0.0331. The topological polar surface area (TPSA) is 120 Å². The molecule has 10 heteroatoms. The van der Waals surface area contributed by atoms with E-state index in [0.29, 0.717) is 10.7 Å². The Kier molecular flexibility index (Phi) is 10.4. The zero-order valence-electron chi connectivity index (χ0n) is 19.7. The molecule has 2 amide bonds. The van der Waals surface area contributed by atoms with Crippen LogP contribution in [0.4, 0.5) is 10.5 Å². The molecule has 4 aromatic rings. The van der Waals surface area contributed by atoms with E-state index < -0.39 is 20.5 Å². The Morgan fingerprint density at radius 3 is 2.00 bits per heavy atom. The maximum Gasteiger partial charge on any atom is 0.491 e. The molecule has 0 heterocycles. The minimum atomic E-state index is -3.24. The largest absolute Gasteiger partial charge is 0.566 e. The second-order valence-corrected chi connectivity index (χ2v) is 8.57. The number of nitrogens with one attached hydrogen (secondary N) is 2. The molecule has 3 N–H and O–H groups in total. The summed E-state index contributed by atoms with van der Waals surface area (Å²) < 4.78 is 20.6. The molecule has 2 atom stereocenters. The van der Waals surface area contributed by atoms with E-state index in [1.807, 2.05) is 12.1 Å². The number of urea groups is 1. The summed E-state index contributed by atoms with van der Waals surface area (Å²) in [4.78, 5) is 23.0. The first-order valence-corrected chi connectivity index (χ1v) is 12.4. The Labute approximate surface area is 220 Å². The van der Waals surface area contributed by atoms with E-state index in [-0.39, 0.29) is 17.1 Å². The van der Waals surface area contributed by atoms with Gasteiger partial charge in [-0.3, -0.25) is 0 Å². The first-order valence-electron chi connectivity index (χ1n) is 11.0. The number of rotatable bonds is 7. The highest BCUT2D eigenvalue weighted by molar-refractivity contribution is 7.30. The number of hydrogen-bond donors (Lipinski definition) is 3. The molecule has 37 heavy (non-hydrogen) atoms. The molecule has 2 unspecified atom stereocenters. The normalized spacial score (nSPS) is 11.4. The molecule has 4 rings (SSSR count). The van der Waals surface area contributed by atoms with Gasteiger partial charge >= 0.3 is 14.3 Å². The van der Waals surface area contributed by atoms with Crippen LogP contribution in [-0.4, -0.2) is 18.2 Å². The van der Waals surface area contributed by atoms with Gasteiger partial charge in [-0.05, 0) is 52.1 Å². The maximum absolute atomic E-state index is 12.1. The summed E-state index contributed by atoms with van der Waals surface area (Å²) in [6.07, 6.45) is -1.30. The number of halogens is 1. The molecule has 0 bridgehead atoms. The lowest BCUT2D eigenvalue weighted by Gasteiger charge is -2.16. The smallest absolute Gasteiger partial charge is 0.491 e. The average molecular weight is 539 g/mol. The van der Waals surface area contributed by atoms with E-state index in [0.717, 1.165) is 0 Å². The first-order chi connectivity index (χ1) is 17.9. The molecular formula is C27H24ClN2O6P. The van der Waals surface area contributed by atoms with Gasteiger partial charge in [0.05, 0.1) is 7.11 Å². The van der Waals surface area contributed by atoms with Gasteiger partial charge in [0.15, 0.2) is 11.5 Å². The van der Waals surface area contributed by atoms with Crippen LogP contribution in [0.1, 0.15) is 11.8 Å². The van der Waals surface area contributed by atoms with Gasteiger partial charge in [-0.25, -0.2) is 4.79 Å². The van der Waals surface area contributed by atoms with Crippen molar-refractivity contribution >= 4 is 31.6 Å².